The normalized spacial score (nSPS) is 22.7. The molecule has 0 amide bonds. The molecular weight excluding hydrogens is 228 g/mol. The van der Waals surface area contributed by atoms with Gasteiger partial charge >= 0.3 is 0 Å². The zero-order valence-electron chi connectivity index (χ0n) is 11.5. The molecular formula is C13H22N4O. The van der Waals surface area contributed by atoms with Gasteiger partial charge in [-0.25, -0.2) is 4.98 Å². The van der Waals surface area contributed by atoms with E-state index in [0.717, 1.165) is 12.8 Å². The summed E-state index contributed by atoms with van der Waals surface area (Å²) in [6.45, 7) is 8.80. The summed E-state index contributed by atoms with van der Waals surface area (Å²) in [7, 11) is 0. The highest BCUT2D eigenvalue weighted by atomic mass is 16.3. The Morgan fingerprint density at radius 2 is 1.89 bits per heavy atom. The van der Waals surface area contributed by atoms with E-state index < -0.39 is 0 Å². The van der Waals surface area contributed by atoms with Crippen LogP contribution in [0.15, 0.2) is 12.3 Å². The van der Waals surface area contributed by atoms with E-state index in [-0.39, 0.29) is 17.0 Å². The fourth-order valence-corrected chi connectivity index (χ4v) is 3.03. The molecule has 1 aromatic rings. The number of piperidine rings is 1. The van der Waals surface area contributed by atoms with Gasteiger partial charge in [-0.05, 0) is 40.5 Å². The van der Waals surface area contributed by atoms with E-state index in [9.17, 15) is 5.11 Å². The van der Waals surface area contributed by atoms with Crippen LogP contribution in [-0.2, 0) is 0 Å². The van der Waals surface area contributed by atoms with Crippen molar-refractivity contribution in [3.05, 3.63) is 12.3 Å². The predicted molar refractivity (Wildman–Crippen MR) is 71.6 cm³/mol. The maximum absolute atomic E-state index is 9.34. The highest BCUT2D eigenvalue weighted by Gasteiger charge is 2.37. The van der Waals surface area contributed by atoms with Gasteiger partial charge in [-0.3, -0.25) is 0 Å². The van der Waals surface area contributed by atoms with Gasteiger partial charge in [0.15, 0.2) is 0 Å². The van der Waals surface area contributed by atoms with Crippen LogP contribution in [0, 0.1) is 0 Å². The van der Waals surface area contributed by atoms with Crippen molar-refractivity contribution in [2.24, 2.45) is 0 Å². The van der Waals surface area contributed by atoms with Crippen molar-refractivity contribution in [2.45, 2.75) is 57.7 Å². The minimum Gasteiger partial charge on any atom is -0.493 e. The Kier molecular flexibility index (Phi) is 3.19. The summed E-state index contributed by atoms with van der Waals surface area (Å²) in [5, 5.41) is 16.3. The molecule has 2 rings (SSSR count). The van der Waals surface area contributed by atoms with E-state index in [4.69, 9.17) is 0 Å². The van der Waals surface area contributed by atoms with Crippen LogP contribution in [0.1, 0.15) is 40.5 Å². The number of aromatic hydroxyl groups is 1. The van der Waals surface area contributed by atoms with Gasteiger partial charge in [0.2, 0.25) is 11.8 Å². The van der Waals surface area contributed by atoms with Gasteiger partial charge in [-0.1, -0.05) is 0 Å². The lowest BCUT2D eigenvalue weighted by Gasteiger charge is -2.46. The Morgan fingerprint density at radius 3 is 2.44 bits per heavy atom. The molecule has 0 atom stereocenters. The third-order valence-corrected chi connectivity index (χ3v) is 3.16. The van der Waals surface area contributed by atoms with Crippen LogP contribution in [0.5, 0.6) is 5.88 Å². The fourth-order valence-electron chi connectivity index (χ4n) is 3.03. The van der Waals surface area contributed by atoms with Crippen molar-refractivity contribution >= 4 is 5.95 Å². The summed E-state index contributed by atoms with van der Waals surface area (Å²) >= 11 is 0. The maximum Gasteiger partial charge on any atom is 0.226 e. The van der Waals surface area contributed by atoms with Crippen LogP contribution in [0.25, 0.3) is 0 Å². The van der Waals surface area contributed by atoms with E-state index in [1.807, 2.05) is 0 Å². The first-order valence-electron chi connectivity index (χ1n) is 6.34. The molecule has 1 aromatic heterocycles. The van der Waals surface area contributed by atoms with Gasteiger partial charge in [-0.2, -0.15) is 4.98 Å². The van der Waals surface area contributed by atoms with Crippen LogP contribution in [-0.4, -0.2) is 32.2 Å². The Bertz CT molecular complexity index is 415. The standard InChI is InChI=1S/C13H22N4O/c1-12(2)7-9(8-13(3,4)17-12)15-11-14-6-5-10(18)16-11/h5-6,9,17H,7-8H2,1-4H3,(H2,14,15,16,18). The first-order chi connectivity index (χ1) is 8.26. The number of rotatable bonds is 2. The Morgan fingerprint density at radius 1 is 1.28 bits per heavy atom. The summed E-state index contributed by atoms with van der Waals surface area (Å²) in [5.74, 6) is 0.494. The smallest absolute Gasteiger partial charge is 0.226 e. The summed E-state index contributed by atoms with van der Waals surface area (Å²) in [5.41, 5.74) is 0.159. The lowest BCUT2D eigenvalue weighted by Crippen LogP contribution is -2.60. The summed E-state index contributed by atoms with van der Waals surface area (Å²) in [6, 6.07) is 1.78. The van der Waals surface area contributed by atoms with E-state index in [1.54, 1.807) is 6.20 Å². The Labute approximate surface area is 108 Å². The number of aromatic nitrogens is 2. The van der Waals surface area contributed by atoms with Crippen LogP contribution >= 0.6 is 0 Å². The second-order valence-corrected chi connectivity index (χ2v) is 6.38. The molecule has 3 N–H and O–H groups in total. The molecule has 1 saturated heterocycles. The number of nitrogens with one attached hydrogen (secondary N) is 2. The van der Waals surface area contributed by atoms with Gasteiger partial charge < -0.3 is 15.7 Å². The monoisotopic (exact) mass is 250 g/mol. The molecule has 0 saturated carbocycles. The molecule has 100 valence electrons. The van der Waals surface area contributed by atoms with Gasteiger partial charge in [0.05, 0.1) is 0 Å². The van der Waals surface area contributed by atoms with Crippen LogP contribution < -0.4 is 10.6 Å². The first-order valence-corrected chi connectivity index (χ1v) is 6.34. The predicted octanol–water partition coefficient (Wildman–Crippen LogP) is 1.90. The Balaban J connectivity index is 2.09. The molecule has 1 aliphatic rings. The van der Waals surface area contributed by atoms with Gasteiger partial charge in [0, 0.05) is 29.4 Å². The lowest BCUT2D eigenvalue weighted by molar-refractivity contribution is 0.170. The second-order valence-electron chi connectivity index (χ2n) is 6.38. The quantitative estimate of drug-likeness (QED) is 0.748. The molecule has 1 aliphatic heterocycles. The molecule has 0 aliphatic carbocycles. The van der Waals surface area contributed by atoms with Crippen molar-refractivity contribution in [1.29, 1.82) is 0 Å². The average molecular weight is 250 g/mol. The number of hydrogen-bond acceptors (Lipinski definition) is 5. The second kappa shape index (κ2) is 4.39. The highest BCUT2D eigenvalue weighted by molar-refractivity contribution is 5.29. The average Bonchev–Trinajstić information content (AvgIpc) is 2.11. The number of nitrogens with zero attached hydrogens (tertiary/aromatic N) is 2. The summed E-state index contributed by atoms with van der Waals surface area (Å²) in [4.78, 5) is 8.10. The Hall–Kier alpha value is -1.36. The van der Waals surface area contributed by atoms with Gasteiger partial charge in [0.25, 0.3) is 0 Å². The van der Waals surface area contributed by atoms with E-state index in [1.165, 1.54) is 6.07 Å². The third-order valence-electron chi connectivity index (χ3n) is 3.16. The molecule has 1 fully saturated rings. The topological polar surface area (TPSA) is 70.1 Å². The van der Waals surface area contributed by atoms with E-state index in [0.29, 0.717) is 12.0 Å². The van der Waals surface area contributed by atoms with Crippen molar-refractivity contribution in [1.82, 2.24) is 15.3 Å². The molecule has 0 unspecified atom stereocenters. The van der Waals surface area contributed by atoms with Gasteiger partial charge in [0.1, 0.15) is 0 Å². The van der Waals surface area contributed by atoms with Gasteiger partial charge in [-0.15, -0.1) is 0 Å². The number of hydrogen-bond donors (Lipinski definition) is 3. The van der Waals surface area contributed by atoms with E-state index >= 15 is 0 Å². The van der Waals surface area contributed by atoms with Crippen molar-refractivity contribution in [2.75, 3.05) is 5.32 Å². The van der Waals surface area contributed by atoms with Crippen LogP contribution in [0.4, 0.5) is 5.95 Å². The minimum atomic E-state index is -0.0000418. The van der Waals surface area contributed by atoms with Crippen molar-refractivity contribution < 1.29 is 5.11 Å². The number of anilines is 1. The van der Waals surface area contributed by atoms with Crippen LogP contribution in [0.2, 0.25) is 0 Å². The van der Waals surface area contributed by atoms with E-state index in [2.05, 4.69) is 48.3 Å². The minimum absolute atomic E-state index is 0.0000418. The third kappa shape index (κ3) is 3.32. The molecule has 0 aromatic carbocycles. The zero-order valence-corrected chi connectivity index (χ0v) is 11.5. The molecule has 0 bridgehead atoms. The summed E-state index contributed by atoms with van der Waals surface area (Å²) < 4.78 is 0. The van der Waals surface area contributed by atoms with Crippen molar-refractivity contribution in [3.63, 3.8) is 0 Å². The first kappa shape index (κ1) is 13.1. The van der Waals surface area contributed by atoms with Crippen molar-refractivity contribution in [3.8, 4) is 5.88 Å². The molecule has 0 spiro atoms. The molecule has 2 heterocycles. The fraction of sp³-hybridized carbons (Fsp3) is 0.692. The molecule has 18 heavy (non-hydrogen) atoms. The largest absolute Gasteiger partial charge is 0.493 e. The molecule has 5 heteroatoms. The lowest BCUT2D eigenvalue weighted by atomic mass is 9.80. The molecule has 5 nitrogen and oxygen atoms in total. The highest BCUT2D eigenvalue weighted by Crippen LogP contribution is 2.29. The SMILES string of the molecule is CC1(C)CC(Nc2nccc(O)n2)CC(C)(C)N1. The zero-order chi connectivity index (χ0) is 13.4. The maximum atomic E-state index is 9.34. The summed E-state index contributed by atoms with van der Waals surface area (Å²) in [6.07, 6.45) is 3.55. The van der Waals surface area contributed by atoms with Crippen LogP contribution in [0.3, 0.4) is 0 Å². The molecule has 0 radical (unpaired) electrons.